The van der Waals surface area contributed by atoms with Crippen LogP contribution in [0, 0.1) is 6.92 Å². The van der Waals surface area contributed by atoms with Crippen molar-refractivity contribution < 1.29 is 0 Å². The third-order valence-corrected chi connectivity index (χ3v) is 4.44. The van der Waals surface area contributed by atoms with Gasteiger partial charge in [-0.25, -0.2) is 0 Å². The lowest BCUT2D eigenvalue weighted by molar-refractivity contribution is 0.493. The maximum Gasteiger partial charge on any atom is 0.0639 e. The summed E-state index contributed by atoms with van der Waals surface area (Å²) in [4.78, 5) is 0. The number of rotatable bonds is 4. The molecule has 0 radical (unpaired) electrons. The van der Waals surface area contributed by atoms with Crippen molar-refractivity contribution in [3.8, 4) is 0 Å². The van der Waals surface area contributed by atoms with E-state index in [0.29, 0.717) is 10.0 Å². The fraction of sp³-hybridized carbons (Fsp3) is 0.294. The lowest BCUT2D eigenvalue weighted by atomic mass is 10.0. The molecular weight excluding hydrogens is 289 g/mol. The van der Waals surface area contributed by atoms with Gasteiger partial charge in [-0.3, -0.25) is 0 Å². The van der Waals surface area contributed by atoms with Gasteiger partial charge in [0.15, 0.2) is 0 Å². The molecule has 2 aromatic rings. The summed E-state index contributed by atoms with van der Waals surface area (Å²) < 4.78 is 0. The number of nitrogens with one attached hydrogen (secondary N) is 1. The number of halogens is 2. The van der Waals surface area contributed by atoms with Gasteiger partial charge in [0, 0.05) is 12.1 Å². The molecule has 0 fully saturated rings. The first-order valence-corrected chi connectivity index (χ1v) is 7.51. The summed E-state index contributed by atoms with van der Waals surface area (Å²) in [6.45, 7) is 6.40. The Morgan fingerprint density at radius 3 is 2.15 bits per heavy atom. The fourth-order valence-corrected chi connectivity index (χ4v) is 2.95. The highest BCUT2D eigenvalue weighted by atomic mass is 35.5. The van der Waals surface area contributed by atoms with E-state index < -0.39 is 0 Å². The highest BCUT2D eigenvalue weighted by Crippen LogP contribution is 2.31. The molecule has 0 spiro atoms. The van der Waals surface area contributed by atoms with E-state index in [1.54, 1.807) is 0 Å². The van der Waals surface area contributed by atoms with Gasteiger partial charge in [-0.05, 0) is 43.5 Å². The monoisotopic (exact) mass is 307 g/mol. The average Bonchev–Trinajstić information content (AvgIpc) is 2.42. The first-order chi connectivity index (χ1) is 9.50. The summed E-state index contributed by atoms with van der Waals surface area (Å²) in [5, 5.41) is 4.81. The van der Waals surface area contributed by atoms with Crippen LogP contribution in [0.3, 0.4) is 0 Å². The second-order valence-corrected chi connectivity index (χ2v) is 5.89. The lowest BCUT2D eigenvalue weighted by Crippen LogP contribution is -2.23. The predicted molar refractivity (Wildman–Crippen MR) is 87.6 cm³/mol. The molecule has 0 aliphatic carbocycles. The first-order valence-electron chi connectivity index (χ1n) is 6.76. The summed E-state index contributed by atoms with van der Waals surface area (Å²) in [6.07, 6.45) is 0. The van der Waals surface area contributed by atoms with Crippen molar-refractivity contribution in [1.82, 2.24) is 5.32 Å². The van der Waals surface area contributed by atoms with Crippen LogP contribution in [0.1, 0.15) is 42.6 Å². The maximum absolute atomic E-state index is 6.28. The van der Waals surface area contributed by atoms with Gasteiger partial charge in [0.2, 0.25) is 0 Å². The Hall–Kier alpha value is -1.02. The van der Waals surface area contributed by atoms with Gasteiger partial charge in [0.05, 0.1) is 10.0 Å². The van der Waals surface area contributed by atoms with Crippen LogP contribution in [0.25, 0.3) is 0 Å². The Balaban J connectivity index is 2.17. The summed E-state index contributed by atoms with van der Waals surface area (Å²) >= 11 is 12.4. The Morgan fingerprint density at radius 2 is 1.45 bits per heavy atom. The molecular formula is C17H19Cl2N. The molecule has 20 heavy (non-hydrogen) atoms. The van der Waals surface area contributed by atoms with Crippen molar-refractivity contribution >= 4 is 23.2 Å². The molecule has 1 N–H and O–H groups in total. The average molecular weight is 308 g/mol. The third-order valence-electron chi connectivity index (χ3n) is 3.60. The topological polar surface area (TPSA) is 12.0 Å². The van der Waals surface area contributed by atoms with Crippen molar-refractivity contribution in [2.45, 2.75) is 32.9 Å². The Labute approximate surface area is 130 Å². The normalized spacial score (nSPS) is 14.1. The Kier molecular flexibility index (Phi) is 5.09. The molecule has 0 aliphatic heterocycles. The summed E-state index contributed by atoms with van der Waals surface area (Å²) in [7, 11) is 0. The van der Waals surface area contributed by atoms with E-state index in [-0.39, 0.29) is 12.1 Å². The van der Waals surface area contributed by atoms with Gasteiger partial charge in [0.25, 0.3) is 0 Å². The predicted octanol–water partition coefficient (Wildman–Crippen LogP) is 5.71. The zero-order valence-corrected chi connectivity index (χ0v) is 13.5. The van der Waals surface area contributed by atoms with Gasteiger partial charge in [0.1, 0.15) is 0 Å². The van der Waals surface area contributed by atoms with Crippen LogP contribution >= 0.6 is 23.2 Å². The molecule has 0 bridgehead atoms. The van der Waals surface area contributed by atoms with Crippen molar-refractivity contribution in [2.24, 2.45) is 0 Å². The van der Waals surface area contributed by atoms with E-state index in [1.165, 1.54) is 11.1 Å². The molecule has 106 valence electrons. The van der Waals surface area contributed by atoms with Crippen molar-refractivity contribution in [3.05, 3.63) is 69.2 Å². The van der Waals surface area contributed by atoms with E-state index >= 15 is 0 Å². The van der Waals surface area contributed by atoms with Gasteiger partial charge in [-0.1, -0.05) is 59.6 Å². The second-order valence-electron chi connectivity index (χ2n) is 5.11. The van der Waals surface area contributed by atoms with Crippen LogP contribution in [-0.2, 0) is 0 Å². The molecule has 1 unspecified atom stereocenters. The molecule has 0 saturated heterocycles. The minimum absolute atomic E-state index is 0.135. The van der Waals surface area contributed by atoms with Gasteiger partial charge in [-0.2, -0.15) is 0 Å². The van der Waals surface area contributed by atoms with Gasteiger partial charge >= 0.3 is 0 Å². The molecule has 2 atom stereocenters. The van der Waals surface area contributed by atoms with Crippen LogP contribution in [0.15, 0.2) is 42.5 Å². The zero-order chi connectivity index (χ0) is 14.7. The molecule has 0 heterocycles. The minimum Gasteiger partial charge on any atom is -0.304 e. The molecule has 0 saturated carbocycles. The largest absolute Gasteiger partial charge is 0.304 e. The summed E-state index contributed by atoms with van der Waals surface area (Å²) in [5.74, 6) is 0. The number of benzene rings is 2. The van der Waals surface area contributed by atoms with Crippen molar-refractivity contribution in [3.63, 3.8) is 0 Å². The van der Waals surface area contributed by atoms with E-state index in [0.717, 1.165) is 5.56 Å². The summed E-state index contributed by atoms with van der Waals surface area (Å²) in [6, 6.07) is 14.5. The molecule has 2 rings (SSSR count). The molecule has 1 nitrogen and oxygen atoms in total. The van der Waals surface area contributed by atoms with E-state index in [1.807, 2.05) is 18.2 Å². The molecule has 3 heteroatoms. The highest BCUT2D eigenvalue weighted by molar-refractivity contribution is 6.42. The van der Waals surface area contributed by atoms with E-state index in [4.69, 9.17) is 23.2 Å². The SMILES string of the molecule is Cc1ccccc1[C@@H](C)NC(C)c1cccc(Cl)c1Cl. The van der Waals surface area contributed by atoms with Crippen molar-refractivity contribution in [1.29, 1.82) is 0 Å². The lowest BCUT2D eigenvalue weighted by Gasteiger charge is -2.23. The quantitative estimate of drug-likeness (QED) is 0.762. The molecule has 2 aromatic carbocycles. The van der Waals surface area contributed by atoms with Gasteiger partial charge in [-0.15, -0.1) is 0 Å². The molecule has 0 aliphatic rings. The maximum atomic E-state index is 6.28. The van der Waals surface area contributed by atoms with Crippen LogP contribution in [-0.4, -0.2) is 0 Å². The zero-order valence-electron chi connectivity index (χ0n) is 12.0. The van der Waals surface area contributed by atoms with E-state index in [2.05, 4.69) is 50.4 Å². The Bertz CT molecular complexity index is 595. The standard InChI is InChI=1S/C17H19Cl2N/c1-11-7-4-5-8-14(11)12(2)20-13(3)15-9-6-10-16(18)17(15)19/h4-10,12-13,20H,1-3H3/t12-,13?/m1/s1. The molecule has 0 amide bonds. The van der Waals surface area contributed by atoms with E-state index in [9.17, 15) is 0 Å². The van der Waals surface area contributed by atoms with Crippen LogP contribution < -0.4 is 5.32 Å². The summed E-state index contributed by atoms with van der Waals surface area (Å²) in [5.41, 5.74) is 3.62. The first kappa shape index (κ1) is 15.4. The smallest absolute Gasteiger partial charge is 0.0639 e. The fourth-order valence-electron chi connectivity index (χ4n) is 2.48. The minimum atomic E-state index is 0.135. The molecule has 0 aromatic heterocycles. The van der Waals surface area contributed by atoms with Crippen LogP contribution in [0.5, 0.6) is 0 Å². The third kappa shape index (κ3) is 3.35. The van der Waals surface area contributed by atoms with Crippen LogP contribution in [0.4, 0.5) is 0 Å². The number of hydrogen-bond acceptors (Lipinski definition) is 1. The second kappa shape index (κ2) is 6.62. The number of aryl methyl sites for hydroxylation is 1. The number of hydrogen-bond donors (Lipinski definition) is 1. The van der Waals surface area contributed by atoms with Gasteiger partial charge < -0.3 is 5.32 Å². The van der Waals surface area contributed by atoms with Crippen LogP contribution in [0.2, 0.25) is 10.0 Å². The highest BCUT2D eigenvalue weighted by Gasteiger charge is 2.15. The van der Waals surface area contributed by atoms with Crippen molar-refractivity contribution in [2.75, 3.05) is 0 Å². The Morgan fingerprint density at radius 1 is 0.850 bits per heavy atom.